The van der Waals surface area contributed by atoms with Crippen LogP contribution in [0.1, 0.15) is 118 Å². The minimum Gasteiger partial charge on any atom is -0.412 e. The highest BCUT2D eigenvalue weighted by molar-refractivity contribution is 4.49. The molecule has 0 aromatic heterocycles. The van der Waals surface area contributed by atoms with E-state index in [9.17, 15) is 0 Å². The van der Waals surface area contributed by atoms with Crippen LogP contribution >= 0.6 is 0 Å². The number of aliphatic hydroxyl groups excluding tert-OH is 1. The lowest BCUT2D eigenvalue weighted by Gasteiger charge is -2.03. The molecule has 0 bridgehead atoms. The first-order valence-electron chi connectivity index (χ1n) is 10.2. The zero-order chi connectivity index (χ0) is 17.4. The molecule has 0 unspecified atom stereocenters. The van der Waals surface area contributed by atoms with Crippen LogP contribution in [0.4, 0.5) is 0 Å². The van der Waals surface area contributed by atoms with Crippen molar-refractivity contribution in [2.75, 3.05) is 13.7 Å². The summed E-state index contributed by atoms with van der Waals surface area (Å²) in [6, 6.07) is 0. The Labute approximate surface area is 153 Å². The first kappa shape index (κ1) is 28.6. The summed E-state index contributed by atoms with van der Waals surface area (Å²) in [5, 5.41) is 16.0. The molecule has 4 nitrogen and oxygen atoms in total. The van der Waals surface area contributed by atoms with Crippen molar-refractivity contribution in [3.8, 4) is 0 Å². The average Bonchev–Trinajstić information content (AvgIpc) is 2.55. The van der Waals surface area contributed by atoms with Gasteiger partial charge in [0, 0.05) is 15.1 Å². The Bertz CT molecular complexity index is 168. The quantitative estimate of drug-likeness (QED) is 0.234. The number of nitrogens with one attached hydrogen (secondary N) is 1. The van der Waals surface area contributed by atoms with Crippen molar-refractivity contribution in [3.05, 3.63) is 0 Å². The molecule has 4 heteroatoms. The smallest absolute Gasteiger partial charge is 0.0431 e. The van der Waals surface area contributed by atoms with E-state index in [1.165, 1.54) is 110 Å². The van der Waals surface area contributed by atoms with E-state index in [1.807, 2.05) is 0 Å². The van der Waals surface area contributed by atoms with Crippen LogP contribution in [0.15, 0.2) is 0 Å². The molecule has 0 saturated heterocycles. The van der Waals surface area contributed by atoms with E-state index in [1.54, 1.807) is 5.48 Å². The Balaban J connectivity index is -0.000000409. The third kappa shape index (κ3) is 33.4. The van der Waals surface area contributed by atoms with Crippen molar-refractivity contribution >= 4 is 0 Å². The monoisotopic (exact) mass is 351 g/mol. The zero-order valence-electron chi connectivity index (χ0n) is 16.6. The summed E-state index contributed by atoms with van der Waals surface area (Å²) in [4.78, 5) is 0. The number of hydrogen-bond donors (Lipinski definition) is 3. The third-order valence-electron chi connectivity index (χ3n) is 4.26. The van der Waals surface area contributed by atoms with Crippen molar-refractivity contribution in [1.29, 1.82) is 0 Å². The van der Waals surface area contributed by atoms with Crippen molar-refractivity contribution in [2.24, 2.45) is 0 Å². The first-order valence-corrected chi connectivity index (χ1v) is 10.2. The van der Waals surface area contributed by atoms with Gasteiger partial charge in [-0.05, 0) is 6.42 Å². The van der Waals surface area contributed by atoms with Crippen LogP contribution in [0, 0.1) is 0 Å². The molecule has 5 N–H and O–H groups in total. The van der Waals surface area contributed by atoms with Crippen LogP contribution < -0.4 is 5.48 Å². The minimum absolute atomic E-state index is 0. The second-order valence-corrected chi connectivity index (χ2v) is 6.60. The van der Waals surface area contributed by atoms with Gasteiger partial charge in [0.25, 0.3) is 0 Å². The summed E-state index contributed by atoms with van der Waals surface area (Å²) in [7, 11) is 1.43. The van der Waals surface area contributed by atoms with E-state index in [4.69, 9.17) is 10.3 Å². The van der Waals surface area contributed by atoms with E-state index in [-0.39, 0.29) is 6.90 Å². The van der Waals surface area contributed by atoms with E-state index in [0.29, 0.717) is 6.61 Å². The van der Waals surface area contributed by atoms with E-state index < -0.39 is 0 Å². The van der Waals surface area contributed by atoms with Gasteiger partial charge in [-0.15, -0.1) is 0 Å². The highest BCUT2D eigenvalue weighted by atomic mass is 16.5. The summed E-state index contributed by atoms with van der Waals surface area (Å²) in [6.45, 7) is 2.66. The number of hydrogen-bond acceptors (Lipinski definition) is 3. The molecule has 0 fully saturated rings. The summed E-state index contributed by atoms with van der Waals surface area (Å²) in [5.74, 6) is 0. The molecule has 0 aromatic carbocycles. The SMILES string of the molecule is CCCCCCCCCCCCCCCCCCCO.CNO.O.[HH]. The molecule has 152 valence electrons. The number of unbranched alkanes of at least 4 members (excludes halogenated alkanes) is 16. The van der Waals surface area contributed by atoms with Crippen molar-refractivity contribution in [1.82, 2.24) is 5.48 Å². The summed E-state index contributed by atoms with van der Waals surface area (Å²) >= 11 is 0. The Morgan fingerprint density at radius 2 is 0.792 bits per heavy atom. The topological polar surface area (TPSA) is 84.0 Å². The minimum atomic E-state index is 0. The van der Waals surface area contributed by atoms with Crippen molar-refractivity contribution in [2.45, 2.75) is 116 Å². The maximum absolute atomic E-state index is 8.68. The maximum atomic E-state index is 8.68. The highest BCUT2D eigenvalue weighted by Gasteiger charge is 1.94. The summed E-state index contributed by atoms with van der Waals surface area (Å²) < 4.78 is 0. The summed E-state index contributed by atoms with van der Waals surface area (Å²) in [6.07, 6.45) is 23.7. The van der Waals surface area contributed by atoms with Crippen LogP contribution in [0.3, 0.4) is 0 Å². The standard InChI is InChI=1S/C19H40O.CH5NO.H2O.H2/c1-2-3-4-5-6-7-8-9-10-11-12-13-14-15-16-17-18-19-20;1-2-3;;/h20H,2-19H2,1H3;2-3H,1H3;1H2;1H. The summed E-state index contributed by atoms with van der Waals surface area (Å²) in [5.41, 5.74) is 1.75. The van der Waals surface area contributed by atoms with E-state index in [0.717, 1.165) is 6.42 Å². The molecule has 0 aliphatic carbocycles. The largest absolute Gasteiger partial charge is 0.412 e. The van der Waals surface area contributed by atoms with Gasteiger partial charge in [0.2, 0.25) is 0 Å². The molecule has 0 aromatic rings. The van der Waals surface area contributed by atoms with Crippen LogP contribution in [0.5, 0.6) is 0 Å². The fourth-order valence-corrected chi connectivity index (χ4v) is 2.84. The van der Waals surface area contributed by atoms with Gasteiger partial charge in [0.15, 0.2) is 0 Å². The molecule has 0 rings (SSSR count). The molecule has 0 heterocycles. The molecule has 0 saturated carbocycles. The average molecular weight is 352 g/mol. The first-order chi connectivity index (χ1) is 11.3. The molecule has 0 radical (unpaired) electrons. The Hall–Kier alpha value is -0.160. The lowest BCUT2D eigenvalue weighted by Crippen LogP contribution is -1.91. The number of aliphatic hydroxyl groups is 1. The molecular formula is C20H49NO3. The normalized spacial score (nSPS) is 10.0. The molecule has 24 heavy (non-hydrogen) atoms. The fourth-order valence-electron chi connectivity index (χ4n) is 2.84. The molecule has 0 amide bonds. The van der Waals surface area contributed by atoms with Crippen molar-refractivity contribution in [3.63, 3.8) is 0 Å². The fraction of sp³-hybridized carbons (Fsp3) is 1.00. The van der Waals surface area contributed by atoms with Gasteiger partial charge in [-0.1, -0.05) is 110 Å². The van der Waals surface area contributed by atoms with Gasteiger partial charge in [-0.2, -0.15) is 0 Å². The third-order valence-corrected chi connectivity index (χ3v) is 4.26. The van der Waals surface area contributed by atoms with Gasteiger partial charge in [-0.3, -0.25) is 0 Å². The predicted molar refractivity (Wildman–Crippen MR) is 108 cm³/mol. The van der Waals surface area contributed by atoms with Gasteiger partial charge in [0.1, 0.15) is 0 Å². The lowest BCUT2D eigenvalue weighted by atomic mass is 10.0. The number of rotatable bonds is 17. The van der Waals surface area contributed by atoms with Gasteiger partial charge in [-0.25, -0.2) is 5.48 Å². The van der Waals surface area contributed by atoms with Gasteiger partial charge >= 0.3 is 0 Å². The van der Waals surface area contributed by atoms with Gasteiger partial charge < -0.3 is 15.8 Å². The molecule has 0 atom stereocenters. The van der Waals surface area contributed by atoms with E-state index >= 15 is 0 Å². The predicted octanol–water partition coefficient (Wildman–Crippen LogP) is 5.65. The van der Waals surface area contributed by atoms with Crippen molar-refractivity contribution < 1.29 is 17.2 Å². The Kier molecular flexibility index (Phi) is 36.6. The zero-order valence-corrected chi connectivity index (χ0v) is 16.6. The van der Waals surface area contributed by atoms with E-state index in [2.05, 4.69) is 6.92 Å². The van der Waals surface area contributed by atoms with Crippen LogP contribution in [-0.2, 0) is 0 Å². The second kappa shape index (κ2) is 30.7. The molecule has 0 spiro atoms. The molecular weight excluding hydrogens is 302 g/mol. The van der Waals surface area contributed by atoms with Crippen LogP contribution in [0.2, 0.25) is 0 Å². The second-order valence-electron chi connectivity index (χ2n) is 6.60. The maximum Gasteiger partial charge on any atom is 0.0431 e. The molecule has 0 aliphatic rings. The van der Waals surface area contributed by atoms with Crippen LogP contribution in [0.25, 0.3) is 0 Å². The number of hydroxylamine groups is 1. The highest BCUT2D eigenvalue weighted by Crippen LogP contribution is 2.13. The van der Waals surface area contributed by atoms with Gasteiger partial charge in [0.05, 0.1) is 0 Å². The Morgan fingerprint density at radius 1 is 0.583 bits per heavy atom. The lowest BCUT2D eigenvalue weighted by molar-refractivity contribution is 0.194. The van der Waals surface area contributed by atoms with Crippen LogP contribution in [-0.4, -0.2) is 29.4 Å². The molecule has 0 aliphatic heterocycles. The Morgan fingerprint density at radius 3 is 1.00 bits per heavy atom.